The van der Waals surface area contributed by atoms with Gasteiger partial charge in [-0.15, -0.1) is 10.2 Å². The van der Waals surface area contributed by atoms with Crippen molar-refractivity contribution in [3.63, 3.8) is 0 Å². The van der Waals surface area contributed by atoms with Gasteiger partial charge in [-0.2, -0.15) is 39.5 Å². The summed E-state index contributed by atoms with van der Waals surface area (Å²) in [5.74, 6) is -3.40. The highest BCUT2D eigenvalue weighted by molar-refractivity contribution is 5.89. The second kappa shape index (κ2) is 12.7. The van der Waals surface area contributed by atoms with Gasteiger partial charge in [0, 0.05) is 30.3 Å². The third kappa shape index (κ3) is 7.78. The van der Waals surface area contributed by atoms with Gasteiger partial charge < -0.3 is 20.3 Å². The molecular weight excluding hydrogens is 656 g/mol. The van der Waals surface area contributed by atoms with Crippen LogP contribution in [0.15, 0.2) is 42.5 Å². The Labute approximate surface area is 260 Å². The van der Waals surface area contributed by atoms with Gasteiger partial charge in [-0.25, -0.2) is 14.0 Å². The van der Waals surface area contributed by atoms with Crippen LogP contribution >= 0.6 is 0 Å². The first-order valence-corrected chi connectivity index (χ1v) is 14.0. The average Bonchev–Trinajstić information content (AvgIpc) is 3.38. The van der Waals surface area contributed by atoms with E-state index < -0.39 is 47.5 Å². The third-order valence-corrected chi connectivity index (χ3v) is 8.62. The highest BCUT2D eigenvalue weighted by Gasteiger charge is 2.51. The molecule has 3 aromatic rings. The second-order valence-electron chi connectivity index (χ2n) is 11.5. The van der Waals surface area contributed by atoms with Crippen LogP contribution in [0, 0.1) is 11.2 Å². The average molecular weight is 684 g/mol. The number of rotatable bonds is 5. The first-order valence-electron chi connectivity index (χ1n) is 14.0. The van der Waals surface area contributed by atoms with Gasteiger partial charge in [0.1, 0.15) is 11.6 Å². The van der Waals surface area contributed by atoms with Crippen molar-refractivity contribution in [3.8, 4) is 11.4 Å². The smallest absolute Gasteiger partial charge is 0.475 e. The molecule has 1 heterocycles. The van der Waals surface area contributed by atoms with Gasteiger partial charge in [0.25, 0.3) is 0 Å². The molecule has 47 heavy (non-hydrogen) atoms. The number of carboxylic acid groups (broad SMARTS) is 1. The Bertz CT molecular complexity index is 1610. The molecule has 3 N–H and O–H groups in total. The lowest BCUT2D eigenvalue weighted by atomic mass is 9.53. The zero-order valence-electron chi connectivity index (χ0n) is 24.4. The number of hydrogen-bond acceptors (Lipinski definition) is 4. The van der Waals surface area contributed by atoms with E-state index in [2.05, 4.69) is 20.8 Å². The third-order valence-electron chi connectivity index (χ3n) is 8.62. The zero-order valence-corrected chi connectivity index (χ0v) is 24.4. The van der Waals surface area contributed by atoms with Gasteiger partial charge in [-0.3, -0.25) is 0 Å². The molecule has 0 aliphatic heterocycles. The summed E-state index contributed by atoms with van der Waals surface area (Å²) in [6.07, 6.45) is -10.2. The van der Waals surface area contributed by atoms with Crippen molar-refractivity contribution in [1.82, 2.24) is 20.1 Å². The van der Waals surface area contributed by atoms with E-state index >= 15 is 0 Å². The summed E-state index contributed by atoms with van der Waals surface area (Å²) >= 11 is 0. The quantitative estimate of drug-likeness (QED) is 0.239. The number of anilines is 1. The molecule has 2 amide bonds. The Hall–Kier alpha value is -4.38. The van der Waals surface area contributed by atoms with Crippen LogP contribution < -0.4 is 10.6 Å². The Morgan fingerprint density at radius 2 is 1.40 bits per heavy atom. The molecule has 0 unspecified atom stereocenters. The number of benzene rings is 2. The molecular formula is C29H27F10N5O3. The number of nitrogens with zero attached hydrogens (tertiary/aromatic N) is 3. The van der Waals surface area contributed by atoms with Crippen molar-refractivity contribution in [2.75, 3.05) is 11.9 Å². The van der Waals surface area contributed by atoms with Crippen LogP contribution in [0.2, 0.25) is 0 Å². The van der Waals surface area contributed by atoms with E-state index in [9.17, 15) is 48.7 Å². The number of aliphatic carboxylic acids is 1. The summed E-state index contributed by atoms with van der Waals surface area (Å²) in [5, 5.41) is 20.7. The van der Waals surface area contributed by atoms with E-state index in [0.29, 0.717) is 43.8 Å². The number of alkyl halides is 9. The highest BCUT2D eigenvalue weighted by Crippen LogP contribution is 2.57. The topological polar surface area (TPSA) is 109 Å². The minimum absolute atomic E-state index is 0.0349. The van der Waals surface area contributed by atoms with E-state index in [1.165, 1.54) is 18.2 Å². The molecule has 0 atom stereocenters. The van der Waals surface area contributed by atoms with E-state index in [1.807, 2.05) is 0 Å². The normalized spacial score (nSPS) is 21.1. The molecule has 2 bridgehead atoms. The number of amides is 2. The number of carbonyl (C=O) groups excluding carboxylic acids is 1. The predicted octanol–water partition coefficient (Wildman–Crippen LogP) is 7.71. The van der Waals surface area contributed by atoms with Crippen molar-refractivity contribution in [1.29, 1.82) is 0 Å². The van der Waals surface area contributed by atoms with Crippen molar-refractivity contribution in [3.05, 3.63) is 65.2 Å². The van der Waals surface area contributed by atoms with Crippen LogP contribution in [-0.4, -0.2) is 44.6 Å². The Balaban J connectivity index is 0.000000644. The molecule has 0 spiro atoms. The number of halogens is 10. The van der Waals surface area contributed by atoms with Crippen LogP contribution in [-0.2, 0) is 29.6 Å². The maximum absolute atomic E-state index is 13.6. The summed E-state index contributed by atoms with van der Waals surface area (Å²) in [6, 6.07) is 6.82. The monoisotopic (exact) mass is 683 g/mol. The van der Waals surface area contributed by atoms with Crippen molar-refractivity contribution < 1.29 is 58.6 Å². The lowest BCUT2D eigenvalue weighted by Gasteiger charge is -2.52. The molecule has 6 rings (SSSR count). The predicted molar refractivity (Wildman–Crippen MR) is 145 cm³/mol. The SMILES string of the molecule is Cn1c(-c2ccccc2C(F)(F)F)nnc1C12CCC(CNC(=O)Nc3ccc(F)c(C(F)(F)F)c3)(CC1)CC2.O=C(O)C(F)(F)F. The van der Waals surface area contributed by atoms with Gasteiger partial charge in [0.2, 0.25) is 0 Å². The Morgan fingerprint density at radius 3 is 1.94 bits per heavy atom. The molecule has 0 radical (unpaired) electrons. The van der Waals surface area contributed by atoms with Crippen molar-refractivity contribution >= 4 is 17.7 Å². The fourth-order valence-electron chi connectivity index (χ4n) is 6.08. The van der Waals surface area contributed by atoms with Crippen LogP contribution in [0.1, 0.15) is 55.5 Å². The van der Waals surface area contributed by atoms with Crippen molar-refractivity contribution in [2.45, 2.75) is 62.5 Å². The maximum atomic E-state index is 13.6. The molecule has 2 aromatic carbocycles. The van der Waals surface area contributed by atoms with Crippen LogP contribution in [0.5, 0.6) is 0 Å². The van der Waals surface area contributed by atoms with E-state index in [1.54, 1.807) is 11.6 Å². The number of nitrogens with one attached hydrogen (secondary N) is 2. The molecule has 0 saturated heterocycles. The first-order chi connectivity index (χ1) is 21.7. The number of carbonyl (C=O) groups is 2. The molecule has 1 aromatic heterocycles. The van der Waals surface area contributed by atoms with E-state index in [0.717, 1.165) is 31.4 Å². The number of hydrogen-bond donors (Lipinski definition) is 3. The van der Waals surface area contributed by atoms with Crippen molar-refractivity contribution in [2.24, 2.45) is 12.5 Å². The molecule has 3 fully saturated rings. The Morgan fingerprint density at radius 1 is 0.851 bits per heavy atom. The molecule has 3 saturated carbocycles. The van der Waals surface area contributed by atoms with E-state index in [4.69, 9.17) is 9.90 Å². The fourth-order valence-corrected chi connectivity index (χ4v) is 6.08. The summed E-state index contributed by atoms with van der Waals surface area (Å²) < 4.78 is 127. The largest absolute Gasteiger partial charge is 0.490 e. The lowest BCUT2D eigenvalue weighted by molar-refractivity contribution is -0.192. The van der Waals surface area contributed by atoms with Gasteiger partial charge >= 0.3 is 30.5 Å². The van der Waals surface area contributed by atoms with Crippen LogP contribution in [0.4, 0.5) is 54.4 Å². The Kier molecular flexibility index (Phi) is 9.56. The first kappa shape index (κ1) is 35.5. The molecule has 3 aliphatic rings. The van der Waals surface area contributed by atoms with Crippen LogP contribution in [0.25, 0.3) is 11.4 Å². The minimum Gasteiger partial charge on any atom is -0.475 e. The number of carboxylic acids is 1. The van der Waals surface area contributed by atoms with E-state index in [-0.39, 0.29) is 27.9 Å². The zero-order chi connectivity index (χ0) is 35.0. The maximum Gasteiger partial charge on any atom is 0.490 e. The fraction of sp³-hybridized carbons (Fsp3) is 0.448. The standard InChI is InChI=1S/C27H26F7N5O.C2HF3O2/c1-39-21(17-4-2-3-5-18(17)26(29,30)31)37-38-22(39)25-11-8-24(9-12-25,10-13-25)15-35-23(40)36-16-6-7-20(28)19(14-16)27(32,33)34;3-2(4,5)1(6)7/h2-7,14H,8-13,15H2,1H3,(H2,35,36,40);(H,6,7). The minimum atomic E-state index is -5.08. The number of aromatic nitrogens is 3. The highest BCUT2D eigenvalue weighted by atomic mass is 19.4. The molecule has 256 valence electrons. The summed E-state index contributed by atoms with van der Waals surface area (Å²) in [5.41, 5.74) is -3.02. The number of fused-ring (bicyclic) bond motifs is 3. The van der Waals surface area contributed by atoms with Gasteiger partial charge in [-0.1, -0.05) is 18.2 Å². The molecule has 18 heteroatoms. The second-order valence-corrected chi connectivity index (χ2v) is 11.5. The van der Waals surface area contributed by atoms with Gasteiger partial charge in [-0.05, 0) is 68.2 Å². The van der Waals surface area contributed by atoms with Crippen LogP contribution in [0.3, 0.4) is 0 Å². The number of urea groups is 1. The molecule has 3 aliphatic carbocycles. The van der Waals surface area contributed by atoms with Gasteiger partial charge in [0.05, 0.1) is 11.1 Å². The molecule has 8 nitrogen and oxygen atoms in total. The summed E-state index contributed by atoms with van der Waals surface area (Å²) in [7, 11) is 1.68. The van der Waals surface area contributed by atoms with Gasteiger partial charge in [0.15, 0.2) is 5.82 Å². The summed E-state index contributed by atoms with van der Waals surface area (Å²) in [4.78, 5) is 21.3. The lowest BCUT2D eigenvalue weighted by Crippen LogP contribution is -2.50. The summed E-state index contributed by atoms with van der Waals surface area (Å²) in [6.45, 7) is 0.297.